The van der Waals surface area contributed by atoms with Gasteiger partial charge in [-0.2, -0.15) is 0 Å². The molecule has 0 radical (unpaired) electrons. The highest BCUT2D eigenvalue weighted by atomic mass is 14.3. The monoisotopic (exact) mass is 294 g/mol. The number of aryl methyl sites for hydroxylation is 3. The summed E-state index contributed by atoms with van der Waals surface area (Å²) in [6.45, 7) is 15.4. The van der Waals surface area contributed by atoms with Gasteiger partial charge in [-0.3, -0.25) is 0 Å². The molecule has 2 aromatic rings. The highest BCUT2D eigenvalue weighted by molar-refractivity contribution is 5.78. The Morgan fingerprint density at radius 2 is 1.68 bits per heavy atom. The highest BCUT2D eigenvalue weighted by Gasteiger charge is 2.31. The van der Waals surface area contributed by atoms with Crippen LogP contribution in [0.3, 0.4) is 0 Å². The average Bonchev–Trinajstić information content (AvgIpc) is 2.47. The summed E-state index contributed by atoms with van der Waals surface area (Å²) >= 11 is 0. The smallest absolute Gasteiger partial charge is 0.00568 e. The quantitative estimate of drug-likeness (QED) is 0.571. The second-order valence-corrected chi connectivity index (χ2v) is 6.91. The summed E-state index contributed by atoms with van der Waals surface area (Å²) in [6, 6.07) is 11.7. The molecule has 0 nitrogen and oxygen atoms in total. The molecule has 0 atom stereocenters. The topological polar surface area (TPSA) is 0 Å². The zero-order valence-electron chi connectivity index (χ0n) is 15.3. The van der Waals surface area contributed by atoms with E-state index in [-0.39, 0.29) is 5.41 Å². The lowest BCUT2D eigenvalue weighted by Gasteiger charge is -2.35. The molecule has 1 aliphatic rings. The Hall–Kier alpha value is -1.56. The molecule has 118 valence electrons. The van der Waals surface area contributed by atoms with Gasteiger partial charge in [0.25, 0.3) is 0 Å². The van der Waals surface area contributed by atoms with Crippen molar-refractivity contribution in [3.63, 3.8) is 0 Å². The second-order valence-electron chi connectivity index (χ2n) is 6.91. The molecule has 0 fully saturated rings. The van der Waals surface area contributed by atoms with Crippen LogP contribution in [-0.2, 0) is 18.3 Å². The van der Waals surface area contributed by atoms with E-state index in [2.05, 4.69) is 65.0 Å². The molecule has 0 N–H and O–H groups in total. The Kier molecular flexibility index (Phi) is 4.80. The van der Waals surface area contributed by atoms with E-state index in [4.69, 9.17) is 0 Å². The lowest BCUT2D eigenvalue weighted by Crippen LogP contribution is -2.26. The summed E-state index contributed by atoms with van der Waals surface area (Å²) in [5, 5.41) is 0. The molecule has 0 aromatic heterocycles. The molecule has 0 saturated heterocycles. The number of rotatable bonds is 1. The predicted octanol–water partition coefficient (Wildman–Crippen LogP) is 6.39. The molecule has 0 spiro atoms. The van der Waals surface area contributed by atoms with E-state index in [1.165, 1.54) is 38.9 Å². The van der Waals surface area contributed by atoms with Crippen molar-refractivity contribution < 1.29 is 0 Å². The van der Waals surface area contributed by atoms with E-state index in [9.17, 15) is 0 Å². The number of fused-ring (bicyclic) bond motifs is 3. The number of hydrogen-bond acceptors (Lipinski definition) is 0. The summed E-state index contributed by atoms with van der Waals surface area (Å²) in [7, 11) is 0. The predicted molar refractivity (Wildman–Crippen MR) is 98.8 cm³/mol. The minimum absolute atomic E-state index is 0.231. The van der Waals surface area contributed by atoms with Gasteiger partial charge in [0.05, 0.1) is 0 Å². The lowest BCUT2D eigenvalue weighted by molar-refractivity contribution is 0.516. The van der Waals surface area contributed by atoms with E-state index in [0.717, 1.165) is 12.8 Å². The summed E-state index contributed by atoms with van der Waals surface area (Å²) in [4.78, 5) is 0. The highest BCUT2D eigenvalue weighted by Crippen LogP contribution is 2.45. The van der Waals surface area contributed by atoms with Gasteiger partial charge in [-0.15, -0.1) is 0 Å². The van der Waals surface area contributed by atoms with Gasteiger partial charge in [0, 0.05) is 0 Å². The Bertz CT molecular complexity index is 675. The van der Waals surface area contributed by atoms with Gasteiger partial charge < -0.3 is 0 Å². The maximum Gasteiger partial charge on any atom is -0.00568 e. The van der Waals surface area contributed by atoms with Gasteiger partial charge in [-0.25, -0.2) is 0 Å². The van der Waals surface area contributed by atoms with Crippen LogP contribution in [0.2, 0.25) is 0 Å². The normalized spacial score (nSPS) is 14.5. The molecule has 0 saturated carbocycles. The first-order valence-electron chi connectivity index (χ1n) is 8.66. The maximum absolute atomic E-state index is 2.43. The number of benzene rings is 2. The zero-order valence-corrected chi connectivity index (χ0v) is 15.3. The summed E-state index contributed by atoms with van der Waals surface area (Å²) in [5.74, 6) is 0. The molecule has 0 aliphatic heterocycles. The fourth-order valence-corrected chi connectivity index (χ4v) is 3.70. The van der Waals surface area contributed by atoms with Crippen LogP contribution in [0.5, 0.6) is 0 Å². The van der Waals surface area contributed by atoms with Gasteiger partial charge in [0.2, 0.25) is 0 Å². The van der Waals surface area contributed by atoms with Gasteiger partial charge >= 0.3 is 0 Å². The van der Waals surface area contributed by atoms with Gasteiger partial charge in [0.1, 0.15) is 0 Å². The molecule has 3 rings (SSSR count). The van der Waals surface area contributed by atoms with Crippen LogP contribution in [0.4, 0.5) is 0 Å². The Balaban J connectivity index is 0.000000847. The van der Waals surface area contributed by atoms with Crippen molar-refractivity contribution in [2.45, 2.75) is 66.7 Å². The van der Waals surface area contributed by atoms with E-state index >= 15 is 0 Å². The molecular formula is C22H30. The second kappa shape index (κ2) is 6.28. The molecular weight excluding hydrogens is 264 g/mol. The lowest BCUT2D eigenvalue weighted by atomic mass is 9.68. The van der Waals surface area contributed by atoms with Crippen molar-refractivity contribution in [2.24, 2.45) is 0 Å². The van der Waals surface area contributed by atoms with Gasteiger partial charge in [-0.05, 0) is 65.5 Å². The molecule has 0 heteroatoms. The number of hydrogen-bond donors (Lipinski definition) is 0. The van der Waals surface area contributed by atoms with Crippen molar-refractivity contribution in [2.75, 3.05) is 0 Å². The van der Waals surface area contributed by atoms with E-state index in [1.54, 1.807) is 0 Å². The van der Waals surface area contributed by atoms with Crippen LogP contribution < -0.4 is 0 Å². The molecule has 2 aromatic carbocycles. The summed E-state index contributed by atoms with van der Waals surface area (Å²) in [6.07, 6.45) is 2.27. The van der Waals surface area contributed by atoms with Crippen LogP contribution in [0.25, 0.3) is 11.1 Å². The molecule has 22 heavy (non-hydrogen) atoms. The third-order valence-corrected chi connectivity index (χ3v) is 4.69. The van der Waals surface area contributed by atoms with E-state index in [1.807, 2.05) is 13.8 Å². The molecule has 0 unspecified atom stereocenters. The Morgan fingerprint density at radius 1 is 1.00 bits per heavy atom. The molecule has 0 heterocycles. The SMILES string of the molecule is CC.CCc1cc(C)c2c(c1)CC(C)(C)c1ccc(C)cc1-2. The van der Waals surface area contributed by atoms with Crippen molar-refractivity contribution in [3.8, 4) is 11.1 Å². The van der Waals surface area contributed by atoms with Crippen LogP contribution in [-0.4, -0.2) is 0 Å². The Morgan fingerprint density at radius 3 is 2.32 bits per heavy atom. The minimum atomic E-state index is 0.231. The van der Waals surface area contributed by atoms with Crippen molar-refractivity contribution >= 4 is 0 Å². The van der Waals surface area contributed by atoms with Crippen molar-refractivity contribution in [1.82, 2.24) is 0 Å². The zero-order chi connectivity index (χ0) is 16.5. The fourth-order valence-electron chi connectivity index (χ4n) is 3.70. The van der Waals surface area contributed by atoms with Crippen LogP contribution >= 0.6 is 0 Å². The fraction of sp³-hybridized carbons (Fsp3) is 0.455. The molecule has 0 amide bonds. The van der Waals surface area contributed by atoms with Crippen LogP contribution in [0.15, 0.2) is 30.3 Å². The standard InChI is InChI=1S/C20H24.C2H6/c1-6-15-10-14(3)19-16(11-15)12-20(4,5)18-8-7-13(2)9-17(18)19;1-2/h7-11H,6,12H2,1-5H3;1-2H3. The summed E-state index contributed by atoms with van der Waals surface area (Å²) in [5.41, 5.74) is 10.5. The first-order chi connectivity index (χ1) is 10.4. The van der Waals surface area contributed by atoms with E-state index < -0.39 is 0 Å². The minimum Gasteiger partial charge on any atom is -0.0683 e. The third-order valence-electron chi connectivity index (χ3n) is 4.69. The first-order valence-corrected chi connectivity index (χ1v) is 8.66. The molecule has 1 aliphatic carbocycles. The average molecular weight is 294 g/mol. The molecule has 0 bridgehead atoms. The first kappa shape index (κ1) is 16.8. The maximum atomic E-state index is 2.43. The van der Waals surface area contributed by atoms with Crippen LogP contribution in [0.1, 0.15) is 62.4 Å². The van der Waals surface area contributed by atoms with Crippen molar-refractivity contribution in [1.29, 1.82) is 0 Å². The van der Waals surface area contributed by atoms with Gasteiger partial charge in [-0.1, -0.05) is 70.5 Å². The third kappa shape index (κ3) is 2.84. The van der Waals surface area contributed by atoms with Gasteiger partial charge in [0.15, 0.2) is 0 Å². The van der Waals surface area contributed by atoms with Crippen LogP contribution in [0, 0.1) is 13.8 Å². The summed E-state index contributed by atoms with van der Waals surface area (Å²) < 4.78 is 0. The largest absolute Gasteiger partial charge is 0.0683 e. The van der Waals surface area contributed by atoms with Crippen molar-refractivity contribution in [3.05, 3.63) is 58.1 Å². The van der Waals surface area contributed by atoms with E-state index in [0.29, 0.717) is 0 Å². The Labute approximate surface area is 136 Å².